The SMILES string of the molecule is CC(C)COC(=O)[C@H](CC(=O)OC1=CC[C@@]2(O)C3Cc4ccc(O)c5c4[C@@]2(CCN3C)[C@H]1O5)NC(=O)[C@@H](OC(=O)OC(C)(C)C)c1ccccc1. The number of likely N-dealkylation sites (tertiary alicyclic amines) is 1. The summed E-state index contributed by atoms with van der Waals surface area (Å²) in [5, 5.41) is 25.7. The van der Waals surface area contributed by atoms with Crippen LogP contribution in [0.5, 0.6) is 11.5 Å². The van der Waals surface area contributed by atoms with Crippen molar-refractivity contribution in [1.82, 2.24) is 10.2 Å². The van der Waals surface area contributed by atoms with Crippen LogP contribution < -0.4 is 10.1 Å². The van der Waals surface area contributed by atoms with E-state index < -0.39 is 65.3 Å². The smallest absolute Gasteiger partial charge is 0.504 e. The average Bonchev–Trinajstić information content (AvgIpc) is 3.42. The highest BCUT2D eigenvalue weighted by atomic mass is 16.7. The highest BCUT2D eigenvalue weighted by molar-refractivity contribution is 5.91. The highest BCUT2D eigenvalue weighted by Crippen LogP contribution is 2.65. The number of ether oxygens (including phenoxy) is 5. The van der Waals surface area contributed by atoms with Gasteiger partial charge in [0.25, 0.3) is 5.91 Å². The molecule has 274 valence electrons. The van der Waals surface area contributed by atoms with Crippen molar-refractivity contribution in [1.29, 1.82) is 0 Å². The summed E-state index contributed by atoms with van der Waals surface area (Å²) in [5.41, 5.74) is -1.15. The molecule has 2 aliphatic heterocycles. The van der Waals surface area contributed by atoms with E-state index >= 15 is 0 Å². The molecule has 6 rings (SSSR count). The molecule has 1 amide bonds. The van der Waals surface area contributed by atoms with Gasteiger partial charge in [-0.05, 0) is 70.8 Å². The summed E-state index contributed by atoms with van der Waals surface area (Å²) in [6.45, 7) is 9.30. The molecule has 0 aromatic heterocycles. The Bertz CT molecular complexity index is 1730. The number of carbonyl (C=O) groups is 4. The summed E-state index contributed by atoms with van der Waals surface area (Å²) in [7, 11) is 1.97. The molecule has 2 aromatic rings. The summed E-state index contributed by atoms with van der Waals surface area (Å²) in [6.07, 6.45) is -1.33. The lowest BCUT2D eigenvalue weighted by Crippen LogP contribution is -2.74. The lowest BCUT2D eigenvalue weighted by atomic mass is 9.50. The largest absolute Gasteiger partial charge is 0.509 e. The Morgan fingerprint density at radius 2 is 1.82 bits per heavy atom. The summed E-state index contributed by atoms with van der Waals surface area (Å²) in [6, 6.07) is 9.86. The van der Waals surface area contributed by atoms with Gasteiger partial charge in [0.15, 0.2) is 17.6 Å². The predicted molar refractivity (Wildman–Crippen MR) is 182 cm³/mol. The average molecular weight is 707 g/mol. The van der Waals surface area contributed by atoms with Gasteiger partial charge in [0.1, 0.15) is 17.4 Å². The fraction of sp³-hybridized carbons (Fsp3) is 0.526. The van der Waals surface area contributed by atoms with Gasteiger partial charge in [-0.25, -0.2) is 9.59 Å². The topological polar surface area (TPSA) is 170 Å². The number of benzene rings is 2. The number of likely N-dealkylation sites (N-methyl/N-ethyl adjacent to an activating group) is 1. The van der Waals surface area contributed by atoms with Crippen LogP contribution in [0.3, 0.4) is 0 Å². The zero-order chi connectivity index (χ0) is 36.9. The third-order valence-corrected chi connectivity index (χ3v) is 10.1. The van der Waals surface area contributed by atoms with Crippen LogP contribution in [0.1, 0.15) is 76.7 Å². The van der Waals surface area contributed by atoms with Crippen molar-refractivity contribution in [2.24, 2.45) is 5.92 Å². The van der Waals surface area contributed by atoms with Gasteiger partial charge in [-0.2, -0.15) is 0 Å². The molecule has 6 atom stereocenters. The van der Waals surface area contributed by atoms with Crippen LogP contribution in [0.2, 0.25) is 0 Å². The molecular weight excluding hydrogens is 660 g/mol. The number of hydrogen-bond acceptors (Lipinski definition) is 12. The lowest BCUT2D eigenvalue weighted by Gasteiger charge is -2.61. The fourth-order valence-electron chi connectivity index (χ4n) is 7.84. The quantitative estimate of drug-likeness (QED) is 0.240. The van der Waals surface area contributed by atoms with Gasteiger partial charge in [0.05, 0.1) is 24.0 Å². The van der Waals surface area contributed by atoms with Crippen molar-refractivity contribution in [2.75, 3.05) is 20.2 Å². The summed E-state index contributed by atoms with van der Waals surface area (Å²) in [4.78, 5) is 55.6. The Labute approximate surface area is 296 Å². The second-order valence-electron chi connectivity index (χ2n) is 15.2. The molecule has 0 saturated carbocycles. The Balaban J connectivity index is 1.25. The number of phenols is 1. The standard InChI is InChI=1S/C38H46N2O11/c1-21(2)20-47-34(44)24(39-33(43)30(22-10-8-7-9-11-22)50-35(45)51-36(3,4)5)19-28(42)48-26-14-15-38(46)27-18-23-12-13-25(41)31-29(23)37(38,32(26)49-31)16-17-40(27)6/h7-14,21,24,27,30,32,41,46H,15-20H2,1-6H3,(H,39,43)/t24-,27?,30-,32-,37-,38+/m0/s1. The molecule has 2 bridgehead atoms. The minimum absolute atomic E-state index is 0.0264. The number of amides is 1. The Kier molecular flexibility index (Phi) is 9.57. The van der Waals surface area contributed by atoms with Gasteiger partial charge in [-0.3, -0.25) is 9.59 Å². The van der Waals surface area contributed by atoms with Crippen LogP contribution in [0, 0.1) is 5.92 Å². The molecule has 2 aromatic carbocycles. The van der Waals surface area contributed by atoms with Gasteiger partial charge >= 0.3 is 18.1 Å². The zero-order valence-corrected chi connectivity index (χ0v) is 29.8. The summed E-state index contributed by atoms with van der Waals surface area (Å²) >= 11 is 0. The van der Waals surface area contributed by atoms with Gasteiger partial charge in [0.2, 0.25) is 6.10 Å². The van der Waals surface area contributed by atoms with Crippen molar-refractivity contribution < 1.29 is 53.1 Å². The number of nitrogens with zero attached hydrogens (tertiary/aromatic N) is 1. The van der Waals surface area contributed by atoms with Crippen LogP contribution in [0.15, 0.2) is 54.3 Å². The molecule has 2 aliphatic carbocycles. The monoisotopic (exact) mass is 706 g/mol. The molecule has 1 spiro atoms. The van der Waals surface area contributed by atoms with Crippen molar-refractivity contribution in [2.45, 2.75) is 101 Å². The van der Waals surface area contributed by atoms with Gasteiger partial charge in [0, 0.05) is 23.6 Å². The van der Waals surface area contributed by atoms with Gasteiger partial charge in [-0.1, -0.05) is 50.2 Å². The van der Waals surface area contributed by atoms with E-state index in [1.807, 2.05) is 27.0 Å². The summed E-state index contributed by atoms with van der Waals surface area (Å²) < 4.78 is 28.4. The second-order valence-corrected chi connectivity index (χ2v) is 15.2. The third kappa shape index (κ3) is 6.64. The number of rotatable bonds is 10. The van der Waals surface area contributed by atoms with E-state index in [4.69, 9.17) is 23.7 Å². The number of hydrogen-bond donors (Lipinski definition) is 3. The number of aromatic hydroxyl groups is 1. The number of nitrogens with one attached hydrogen (secondary N) is 1. The Morgan fingerprint density at radius 1 is 1.10 bits per heavy atom. The van der Waals surface area contributed by atoms with E-state index in [0.717, 1.165) is 11.1 Å². The van der Waals surface area contributed by atoms with Gasteiger partial charge < -0.3 is 44.1 Å². The van der Waals surface area contributed by atoms with Crippen molar-refractivity contribution in [3.63, 3.8) is 0 Å². The molecule has 4 aliphatic rings. The molecule has 2 heterocycles. The first-order valence-electron chi connectivity index (χ1n) is 17.3. The molecule has 0 radical (unpaired) electrons. The van der Waals surface area contributed by atoms with E-state index in [9.17, 15) is 29.4 Å². The fourth-order valence-corrected chi connectivity index (χ4v) is 7.84. The molecule has 13 nitrogen and oxygen atoms in total. The molecule has 1 unspecified atom stereocenters. The van der Waals surface area contributed by atoms with E-state index in [1.165, 1.54) is 0 Å². The number of carbonyl (C=O) groups excluding carboxylic acids is 4. The minimum atomic E-state index is -1.52. The van der Waals surface area contributed by atoms with Crippen LogP contribution in [-0.2, 0) is 45.2 Å². The number of piperidine rings is 1. The van der Waals surface area contributed by atoms with Crippen molar-refractivity contribution >= 4 is 24.0 Å². The molecule has 1 fully saturated rings. The molecular formula is C38H46N2O11. The lowest BCUT2D eigenvalue weighted by molar-refractivity contribution is -0.170. The first-order valence-corrected chi connectivity index (χ1v) is 17.3. The summed E-state index contributed by atoms with van der Waals surface area (Å²) in [5.74, 6) is -2.33. The van der Waals surface area contributed by atoms with Crippen LogP contribution in [0.25, 0.3) is 0 Å². The Morgan fingerprint density at radius 3 is 2.51 bits per heavy atom. The Hall–Kier alpha value is -4.62. The normalized spacial score (nSPS) is 25.8. The highest BCUT2D eigenvalue weighted by Gasteiger charge is 2.72. The maximum Gasteiger partial charge on any atom is 0.509 e. The van der Waals surface area contributed by atoms with Crippen molar-refractivity contribution in [3.8, 4) is 11.5 Å². The molecule has 3 N–H and O–H groups in total. The first-order chi connectivity index (χ1) is 24.0. The van der Waals surface area contributed by atoms with Crippen LogP contribution in [0.4, 0.5) is 4.79 Å². The zero-order valence-electron chi connectivity index (χ0n) is 29.8. The maximum atomic E-state index is 13.7. The number of phenolic OH excluding ortho intramolecular Hbond substituents is 1. The molecule has 51 heavy (non-hydrogen) atoms. The number of aliphatic hydroxyl groups is 1. The maximum absolute atomic E-state index is 13.7. The molecule has 13 heteroatoms. The van der Waals surface area contributed by atoms with E-state index in [-0.39, 0.29) is 42.2 Å². The third-order valence-electron chi connectivity index (χ3n) is 10.1. The number of esters is 2. The van der Waals surface area contributed by atoms with Crippen LogP contribution in [-0.4, -0.2) is 88.7 Å². The van der Waals surface area contributed by atoms with E-state index in [2.05, 4.69) is 10.2 Å². The predicted octanol–water partition coefficient (Wildman–Crippen LogP) is 3.98. The van der Waals surface area contributed by atoms with E-state index in [0.29, 0.717) is 24.9 Å². The van der Waals surface area contributed by atoms with E-state index in [1.54, 1.807) is 63.2 Å². The van der Waals surface area contributed by atoms with Crippen LogP contribution >= 0.6 is 0 Å². The van der Waals surface area contributed by atoms with Gasteiger partial charge in [-0.15, -0.1) is 0 Å². The van der Waals surface area contributed by atoms with Crippen molar-refractivity contribution in [3.05, 3.63) is 71.0 Å². The second kappa shape index (κ2) is 13.5. The minimum Gasteiger partial charge on any atom is -0.504 e. The molecule has 1 saturated heterocycles. The first kappa shape index (κ1) is 36.2.